The van der Waals surface area contributed by atoms with E-state index < -0.39 is 49.4 Å². The third kappa shape index (κ3) is 4.86. The minimum Gasteiger partial charge on any atom is -0.632 e. The van der Waals surface area contributed by atoms with Crippen LogP contribution in [0.4, 0.5) is 13.2 Å². The number of rotatable bonds is 7. The fraction of sp³-hybridized carbons (Fsp3) is 0.385. The largest absolute Gasteiger partial charge is 0.632 e. The van der Waals surface area contributed by atoms with Gasteiger partial charge in [-0.05, 0) is 0 Å². The Kier molecular flexibility index (Phi) is 6.49. The Labute approximate surface area is 140 Å². The Bertz CT molecular complexity index is 620. The number of carboxylic acids is 1. The summed E-state index contributed by atoms with van der Waals surface area (Å²) in [5, 5.41) is 12.4. The van der Waals surface area contributed by atoms with Crippen LogP contribution in [0.1, 0.15) is 5.56 Å². The lowest BCUT2D eigenvalue weighted by Crippen LogP contribution is -2.61. The number of amides is 1. The number of nitrogens with one attached hydrogen (secondary N) is 1. The van der Waals surface area contributed by atoms with E-state index in [0.29, 0.717) is 7.11 Å². The van der Waals surface area contributed by atoms with E-state index in [4.69, 9.17) is 9.79 Å². The molecule has 0 aliphatic heterocycles. The summed E-state index contributed by atoms with van der Waals surface area (Å²) in [4.78, 5) is 51.7. The van der Waals surface area contributed by atoms with Crippen molar-refractivity contribution >= 4 is 19.8 Å². The van der Waals surface area contributed by atoms with Crippen LogP contribution < -0.4 is 15.3 Å². The van der Waals surface area contributed by atoms with Gasteiger partial charge in [0.2, 0.25) is 7.94 Å². The van der Waals surface area contributed by atoms with Gasteiger partial charge in [0, 0.05) is 12.7 Å². The van der Waals surface area contributed by atoms with Crippen molar-refractivity contribution in [3.8, 4) is 0 Å². The average molecular weight is 384 g/mol. The molecule has 0 fully saturated rings. The van der Waals surface area contributed by atoms with Crippen molar-refractivity contribution in [1.82, 2.24) is 5.32 Å². The molecule has 0 saturated heterocycles. The van der Waals surface area contributed by atoms with Gasteiger partial charge in [0.05, 0.1) is 5.97 Å². The van der Waals surface area contributed by atoms with Crippen LogP contribution in [0.15, 0.2) is 30.3 Å². The number of hydrogen-bond donors (Lipinski definition) is 3. The van der Waals surface area contributed by atoms with Crippen molar-refractivity contribution in [2.75, 3.05) is 13.3 Å². The van der Waals surface area contributed by atoms with Gasteiger partial charge in [-0.1, -0.05) is 30.3 Å². The number of carbonyl (C=O) groups excluding carboxylic acids is 2. The van der Waals surface area contributed by atoms with Crippen LogP contribution in [0, 0.1) is 0 Å². The summed E-state index contributed by atoms with van der Waals surface area (Å²) in [5.74, 6) is -4.10. The van der Waals surface area contributed by atoms with E-state index in [9.17, 15) is 32.8 Å². The molecule has 0 aliphatic rings. The highest BCUT2D eigenvalue weighted by molar-refractivity contribution is 7.57. The van der Waals surface area contributed by atoms with E-state index in [2.05, 4.69) is 4.74 Å². The Hall–Kier alpha value is -1.78. The molecule has 0 aliphatic carbocycles. The zero-order valence-corrected chi connectivity index (χ0v) is 13.6. The molecule has 1 aromatic rings. The fourth-order valence-electron chi connectivity index (χ4n) is 2.10. The van der Waals surface area contributed by atoms with Crippen LogP contribution in [0.3, 0.4) is 0 Å². The molecule has 0 radical (unpaired) electrons. The summed E-state index contributed by atoms with van der Waals surface area (Å²) >= 11 is 0. The van der Waals surface area contributed by atoms with Gasteiger partial charge in [0.25, 0.3) is 11.5 Å². The molecule has 12 heteroatoms. The highest BCUT2D eigenvalue weighted by atomic mass is 31.2. The van der Waals surface area contributed by atoms with Gasteiger partial charge in [-0.3, -0.25) is 4.79 Å². The molecular weight excluding hydrogens is 370 g/mol. The molecule has 140 valence electrons. The summed E-state index contributed by atoms with van der Waals surface area (Å²) < 4.78 is 45.2. The molecule has 1 amide bonds. The molecular formula is C13H14F3NO7P-. The average Bonchev–Trinajstić information content (AvgIpc) is 2.46. The first-order valence-electron chi connectivity index (χ1n) is 6.59. The molecule has 3 N–H and O–H groups in total. The maximum atomic E-state index is 13.6. The van der Waals surface area contributed by atoms with Gasteiger partial charge in [0.15, 0.2) is 0 Å². The number of ether oxygens (including phenoxy) is 1. The molecule has 0 saturated carbocycles. The number of aliphatic carboxylic acids is 1. The second-order valence-electron chi connectivity index (χ2n) is 4.94. The predicted molar refractivity (Wildman–Crippen MR) is 74.3 cm³/mol. The molecule has 25 heavy (non-hydrogen) atoms. The molecule has 1 aromatic carbocycles. The van der Waals surface area contributed by atoms with Crippen LogP contribution in [-0.4, -0.2) is 47.2 Å². The Morgan fingerprint density at radius 2 is 1.80 bits per heavy atom. The van der Waals surface area contributed by atoms with E-state index in [-0.39, 0.29) is 0 Å². The van der Waals surface area contributed by atoms with E-state index in [1.807, 2.05) is 0 Å². The van der Waals surface area contributed by atoms with E-state index in [1.165, 1.54) is 23.5 Å². The predicted octanol–water partition coefficient (Wildman–Crippen LogP) is -1.57. The van der Waals surface area contributed by atoms with Crippen molar-refractivity contribution in [2.24, 2.45) is 0 Å². The monoisotopic (exact) mass is 384 g/mol. The summed E-state index contributed by atoms with van der Waals surface area (Å²) in [6.07, 6.45) is -6.74. The number of methoxy groups -OCH3 is 1. The smallest absolute Gasteiger partial charge is 0.430 e. The van der Waals surface area contributed by atoms with Gasteiger partial charge >= 0.3 is 6.18 Å². The van der Waals surface area contributed by atoms with Gasteiger partial charge in [-0.15, -0.1) is 0 Å². The van der Waals surface area contributed by atoms with E-state index in [0.717, 1.165) is 12.1 Å². The van der Waals surface area contributed by atoms with Crippen molar-refractivity contribution in [2.45, 2.75) is 17.8 Å². The van der Waals surface area contributed by atoms with Gasteiger partial charge in [-0.2, -0.15) is 13.2 Å². The lowest BCUT2D eigenvalue weighted by Gasteiger charge is -2.35. The second kappa shape index (κ2) is 7.63. The zero-order chi connectivity index (χ0) is 19.5. The van der Waals surface area contributed by atoms with Crippen LogP contribution in [-0.2, 0) is 19.9 Å². The first kappa shape index (κ1) is 21.3. The Morgan fingerprint density at radius 1 is 1.28 bits per heavy atom. The SMILES string of the molecule is CO[C@@](C(=O)N[C@@H](C[P+]([O-])(O)O)C(=O)[O-])(c1ccccc1)C(F)(F)F. The molecule has 0 unspecified atom stereocenters. The zero-order valence-electron chi connectivity index (χ0n) is 12.7. The molecule has 8 nitrogen and oxygen atoms in total. The topological polar surface area (TPSA) is 142 Å². The lowest BCUT2D eigenvalue weighted by atomic mass is 9.91. The molecule has 0 bridgehead atoms. The van der Waals surface area contributed by atoms with Crippen LogP contribution >= 0.6 is 7.94 Å². The van der Waals surface area contributed by atoms with Crippen molar-refractivity contribution in [1.29, 1.82) is 0 Å². The third-order valence-electron chi connectivity index (χ3n) is 3.22. The highest BCUT2D eigenvalue weighted by Crippen LogP contribution is 2.43. The summed E-state index contributed by atoms with van der Waals surface area (Å²) in [7, 11) is -4.37. The Morgan fingerprint density at radius 3 is 2.16 bits per heavy atom. The van der Waals surface area contributed by atoms with Crippen LogP contribution in [0.2, 0.25) is 0 Å². The van der Waals surface area contributed by atoms with Gasteiger partial charge in [0.1, 0.15) is 12.2 Å². The van der Waals surface area contributed by atoms with Crippen LogP contribution in [0.25, 0.3) is 0 Å². The van der Waals surface area contributed by atoms with Crippen molar-refractivity contribution < 1.29 is 47.3 Å². The number of benzene rings is 1. The van der Waals surface area contributed by atoms with E-state index in [1.54, 1.807) is 0 Å². The minimum atomic E-state index is -5.30. The number of halogens is 3. The van der Waals surface area contributed by atoms with Crippen molar-refractivity contribution in [3.63, 3.8) is 0 Å². The molecule has 0 aromatic heterocycles. The van der Waals surface area contributed by atoms with E-state index >= 15 is 0 Å². The second-order valence-corrected chi connectivity index (χ2v) is 6.64. The standard InChI is InChI=1S/C13H15F3NO7P/c1-24-12(13(14,15)16,8-5-3-2-4-6-8)11(20)17-9(10(18)19)7-25(21,22)23/h2-6,9H,7H2,1H3,(H,17,20)(H,18,19)(H2,21,22,23)/p-1/t9-,12+/m0/s1. The first-order chi connectivity index (χ1) is 11.3. The molecule has 0 heterocycles. The molecule has 1 rings (SSSR count). The number of carbonyl (C=O) groups is 2. The number of hydrogen-bond acceptors (Lipinski definition) is 7. The normalized spacial score (nSPS) is 16.0. The minimum absolute atomic E-state index is 0.594. The lowest BCUT2D eigenvalue weighted by molar-refractivity contribution is -0.309. The third-order valence-corrected chi connectivity index (χ3v) is 4.06. The van der Waals surface area contributed by atoms with Gasteiger partial charge < -0.3 is 24.8 Å². The number of alkyl halides is 3. The first-order valence-corrected chi connectivity index (χ1v) is 8.38. The van der Waals surface area contributed by atoms with Crippen molar-refractivity contribution in [3.05, 3.63) is 35.9 Å². The number of carboxylic acid groups (broad SMARTS) is 1. The highest BCUT2D eigenvalue weighted by Gasteiger charge is 2.63. The summed E-state index contributed by atoms with van der Waals surface area (Å²) in [5.41, 5.74) is -4.22. The maximum absolute atomic E-state index is 13.6. The quantitative estimate of drug-likeness (QED) is 0.482. The maximum Gasteiger partial charge on any atom is 0.430 e. The van der Waals surface area contributed by atoms with Crippen LogP contribution in [0.5, 0.6) is 0 Å². The van der Waals surface area contributed by atoms with Gasteiger partial charge in [-0.25, -0.2) is 9.79 Å². The Balaban J connectivity index is 3.32. The molecule has 2 atom stereocenters. The fourth-order valence-corrected chi connectivity index (χ4v) is 2.82. The molecule has 0 spiro atoms. The summed E-state index contributed by atoms with van der Waals surface area (Å²) in [6, 6.07) is 3.31. The summed E-state index contributed by atoms with van der Waals surface area (Å²) in [6.45, 7) is 0.